The van der Waals surface area contributed by atoms with Crippen LogP contribution >= 0.6 is 0 Å². The number of rotatable bonds is 4. The van der Waals surface area contributed by atoms with Gasteiger partial charge in [0.1, 0.15) is 0 Å². The van der Waals surface area contributed by atoms with Crippen molar-refractivity contribution in [1.82, 2.24) is 0 Å². The molecule has 0 aliphatic heterocycles. The lowest BCUT2D eigenvalue weighted by Crippen LogP contribution is -2.28. The van der Waals surface area contributed by atoms with E-state index in [0.29, 0.717) is 18.2 Å². The van der Waals surface area contributed by atoms with E-state index in [2.05, 4.69) is 5.32 Å². The Bertz CT molecular complexity index is 372. The maximum absolute atomic E-state index is 11.7. The zero-order valence-electron chi connectivity index (χ0n) is 9.53. The lowest BCUT2D eigenvalue weighted by molar-refractivity contribution is 0.0527. The molecule has 1 saturated carbocycles. The Kier molecular flexibility index (Phi) is 3.44. The van der Waals surface area contributed by atoms with Crippen LogP contribution < -0.4 is 5.32 Å². The molecule has 0 bridgehead atoms. The van der Waals surface area contributed by atoms with Gasteiger partial charge in [-0.05, 0) is 38.3 Å². The number of para-hydroxylation sites is 1. The lowest BCUT2D eigenvalue weighted by Gasteiger charge is -2.28. The molecule has 0 radical (unpaired) electrons. The average molecular weight is 219 g/mol. The smallest absolute Gasteiger partial charge is 0.340 e. The van der Waals surface area contributed by atoms with Gasteiger partial charge in [0, 0.05) is 11.7 Å². The van der Waals surface area contributed by atoms with Gasteiger partial charge in [-0.2, -0.15) is 0 Å². The first-order valence-electron chi connectivity index (χ1n) is 5.84. The molecule has 0 aromatic heterocycles. The summed E-state index contributed by atoms with van der Waals surface area (Å²) >= 11 is 0. The highest BCUT2D eigenvalue weighted by molar-refractivity contribution is 5.95. The number of hydrogen-bond acceptors (Lipinski definition) is 3. The van der Waals surface area contributed by atoms with Gasteiger partial charge in [-0.1, -0.05) is 12.1 Å². The number of carbonyl (C=O) groups is 1. The van der Waals surface area contributed by atoms with Gasteiger partial charge in [-0.25, -0.2) is 4.79 Å². The molecule has 1 aromatic rings. The van der Waals surface area contributed by atoms with Crippen LogP contribution in [-0.4, -0.2) is 18.6 Å². The molecule has 0 atom stereocenters. The van der Waals surface area contributed by atoms with E-state index in [9.17, 15) is 4.79 Å². The summed E-state index contributed by atoms with van der Waals surface area (Å²) in [5, 5.41) is 3.39. The Labute approximate surface area is 95.8 Å². The summed E-state index contributed by atoms with van der Waals surface area (Å²) in [5.74, 6) is -0.245. The van der Waals surface area contributed by atoms with Gasteiger partial charge in [-0.3, -0.25) is 0 Å². The Morgan fingerprint density at radius 2 is 2.19 bits per heavy atom. The highest BCUT2D eigenvalue weighted by atomic mass is 16.5. The summed E-state index contributed by atoms with van der Waals surface area (Å²) in [5.41, 5.74) is 1.53. The molecule has 0 unspecified atom stereocenters. The molecule has 1 aromatic carbocycles. The summed E-state index contributed by atoms with van der Waals surface area (Å²) in [6, 6.07) is 8.06. The molecule has 3 heteroatoms. The van der Waals surface area contributed by atoms with E-state index in [1.54, 1.807) is 6.07 Å². The largest absolute Gasteiger partial charge is 0.462 e. The van der Waals surface area contributed by atoms with E-state index < -0.39 is 0 Å². The highest BCUT2D eigenvalue weighted by Crippen LogP contribution is 2.25. The van der Waals surface area contributed by atoms with Crippen LogP contribution in [-0.2, 0) is 4.74 Å². The number of ether oxygens (including phenoxy) is 1. The van der Waals surface area contributed by atoms with E-state index in [4.69, 9.17) is 4.74 Å². The van der Waals surface area contributed by atoms with Crippen molar-refractivity contribution < 1.29 is 9.53 Å². The van der Waals surface area contributed by atoms with Gasteiger partial charge in [0.05, 0.1) is 12.2 Å². The monoisotopic (exact) mass is 219 g/mol. The fourth-order valence-electron chi connectivity index (χ4n) is 1.77. The normalized spacial score (nSPS) is 15.3. The first-order chi connectivity index (χ1) is 7.81. The molecule has 0 spiro atoms. The molecule has 0 amide bonds. The quantitative estimate of drug-likeness (QED) is 0.791. The topological polar surface area (TPSA) is 38.3 Å². The van der Waals surface area contributed by atoms with E-state index in [1.807, 2.05) is 25.1 Å². The molecule has 1 aliphatic carbocycles. The summed E-state index contributed by atoms with van der Waals surface area (Å²) in [7, 11) is 0. The molecule has 1 fully saturated rings. The maximum atomic E-state index is 11.7. The van der Waals surface area contributed by atoms with Gasteiger partial charge in [0.15, 0.2) is 0 Å². The van der Waals surface area contributed by atoms with Gasteiger partial charge in [0.25, 0.3) is 0 Å². The van der Waals surface area contributed by atoms with E-state index in [-0.39, 0.29) is 5.97 Å². The van der Waals surface area contributed by atoms with Gasteiger partial charge in [-0.15, -0.1) is 0 Å². The number of nitrogens with one attached hydrogen (secondary N) is 1. The second kappa shape index (κ2) is 5.01. The fourth-order valence-corrected chi connectivity index (χ4v) is 1.77. The van der Waals surface area contributed by atoms with Gasteiger partial charge in [0.2, 0.25) is 0 Å². The van der Waals surface area contributed by atoms with E-state index in [0.717, 1.165) is 5.69 Å². The maximum Gasteiger partial charge on any atom is 0.340 e. The third kappa shape index (κ3) is 2.35. The molecule has 86 valence electrons. The lowest BCUT2D eigenvalue weighted by atomic mass is 9.92. The summed E-state index contributed by atoms with van der Waals surface area (Å²) in [6.45, 7) is 2.23. The van der Waals surface area contributed by atoms with Crippen molar-refractivity contribution in [3.05, 3.63) is 29.8 Å². The molecule has 0 saturated heterocycles. The van der Waals surface area contributed by atoms with Crippen molar-refractivity contribution in [1.29, 1.82) is 0 Å². The molecular formula is C13H17NO2. The van der Waals surface area contributed by atoms with Gasteiger partial charge < -0.3 is 10.1 Å². The van der Waals surface area contributed by atoms with Crippen molar-refractivity contribution in [2.45, 2.75) is 32.2 Å². The van der Waals surface area contributed by atoms with Crippen molar-refractivity contribution in [3.8, 4) is 0 Å². The summed E-state index contributed by atoms with van der Waals surface area (Å²) in [4.78, 5) is 11.7. The molecule has 16 heavy (non-hydrogen) atoms. The van der Waals surface area contributed by atoms with Crippen molar-refractivity contribution in [2.75, 3.05) is 11.9 Å². The first kappa shape index (κ1) is 11.0. The summed E-state index contributed by atoms with van der Waals surface area (Å²) in [6.07, 6.45) is 3.66. The molecular weight excluding hydrogens is 202 g/mol. The molecule has 1 N–H and O–H groups in total. The second-order valence-electron chi connectivity index (χ2n) is 4.04. The zero-order chi connectivity index (χ0) is 11.4. The third-order valence-corrected chi connectivity index (χ3v) is 2.89. The van der Waals surface area contributed by atoms with Crippen molar-refractivity contribution in [3.63, 3.8) is 0 Å². The second-order valence-corrected chi connectivity index (χ2v) is 4.04. The molecule has 2 rings (SSSR count). The van der Waals surface area contributed by atoms with Crippen LogP contribution in [0.25, 0.3) is 0 Å². The van der Waals surface area contributed by atoms with E-state index >= 15 is 0 Å². The Morgan fingerprint density at radius 3 is 2.81 bits per heavy atom. The number of anilines is 1. The van der Waals surface area contributed by atoms with Crippen LogP contribution in [0.4, 0.5) is 5.69 Å². The first-order valence-corrected chi connectivity index (χ1v) is 5.84. The Morgan fingerprint density at radius 1 is 1.44 bits per heavy atom. The predicted octanol–water partition coefficient (Wildman–Crippen LogP) is 2.83. The fraction of sp³-hybridized carbons (Fsp3) is 0.462. The van der Waals surface area contributed by atoms with Crippen LogP contribution in [0, 0.1) is 0 Å². The van der Waals surface area contributed by atoms with Crippen LogP contribution in [0.3, 0.4) is 0 Å². The van der Waals surface area contributed by atoms with Crippen LogP contribution in [0.5, 0.6) is 0 Å². The minimum Gasteiger partial charge on any atom is -0.462 e. The number of benzene rings is 1. The molecule has 1 aliphatic rings. The summed E-state index contributed by atoms with van der Waals surface area (Å²) < 4.78 is 5.02. The predicted molar refractivity (Wildman–Crippen MR) is 63.7 cm³/mol. The minimum atomic E-state index is -0.245. The zero-order valence-corrected chi connectivity index (χ0v) is 9.53. The average Bonchev–Trinajstić information content (AvgIpc) is 2.24. The minimum absolute atomic E-state index is 0.245. The highest BCUT2D eigenvalue weighted by Gasteiger charge is 2.19. The third-order valence-electron chi connectivity index (χ3n) is 2.89. The number of hydrogen-bond donors (Lipinski definition) is 1. The van der Waals surface area contributed by atoms with Crippen molar-refractivity contribution >= 4 is 11.7 Å². The van der Waals surface area contributed by atoms with Crippen molar-refractivity contribution in [2.24, 2.45) is 0 Å². The van der Waals surface area contributed by atoms with Crippen LogP contribution in [0.1, 0.15) is 36.5 Å². The van der Waals surface area contributed by atoms with Gasteiger partial charge >= 0.3 is 5.97 Å². The molecule has 0 heterocycles. The molecule has 3 nitrogen and oxygen atoms in total. The number of carbonyl (C=O) groups excluding carboxylic acids is 1. The SMILES string of the molecule is CCOC(=O)c1ccccc1NC1CCC1. The Hall–Kier alpha value is -1.51. The van der Waals surface area contributed by atoms with Crippen LogP contribution in [0.15, 0.2) is 24.3 Å². The van der Waals surface area contributed by atoms with Crippen LogP contribution in [0.2, 0.25) is 0 Å². The number of esters is 1. The standard InChI is InChI=1S/C13H17NO2/c1-2-16-13(15)11-8-3-4-9-12(11)14-10-6-5-7-10/h3-4,8-10,14H,2,5-7H2,1H3. The Balaban J connectivity index is 2.12. The van der Waals surface area contributed by atoms with E-state index in [1.165, 1.54) is 19.3 Å².